The molecule has 114 valence electrons. The molecule has 0 spiro atoms. The van der Waals surface area contributed by atoms with Crippen LogP contribution in [0.1, 0.15) is 44.6 Å². The summed E-state index contributed by atoms with van der Waals surface area (Å²) in [4.78, 5) is 14.9. The highest BCUT2D eigenvalue weighted by Gasteiger charge is 2.42. The average Bonchev–Trinajstić information content (AvgIpc) is 3.25. The van der Waals surface area contributed by atoms with Gasteiger partial charge >= 0.3 is 0 Å². The number of ether oxygens (including phenoxy) is 1. The van der Waals surface area contributed by atoms with Gasteiger partial charge in [-0.2, -0.15) is 0 Å². The lowest BCUT2D eigenvalue weighted by Gasteiger charge is -2.30. The van der Waals surface area contributed by atoms with Crippen LogP contribution in [-0.2, 0) is 16.1 Å². The number of carbonyl (C=O) groups excluding carboxylic acids is 1. The van der Waals surface area contributed by atoms with Gasteiger partial charge in [-0.3, -0.25) is 4.79 Å². The van der Waals surface area contributed by atoms with Crippen molar-refractivity contribution in [3.63, 3.8) is 0 Å². The second-order valence-corrected chi connectivity index (χ2v) is 6.75. The Morgan fingerprint density at radius 1 is 1.24 bits per heavy atom. The summed E-state index contributed by atoms with van der Waals surface area (Å²) in [5.74, 6) is 0.556. The molecule has 2 fully saturated rings. The molecule has 1 amide bonds. The number of amides is 1. The Bertz CT molecular complexity index is 475. The molecule has 0 N–H and O–H groups in total. The van der Waals surface area contributed by atoms with E-state index in [0.29, 0.717) is 12.5 Å². The fraction of sp³-hybridized carbons (Fsp3) is 0.611. The zero-order chi connectivity index (χ0) is 14.7. The highest BCUT2D eigenvalue weighted by atomic mass is 16.6. The normalized spacial score (nSPS) is 25.6. The second kappa shape index (κ2) is 6.18. The molecule has 1 aliphatic carbocycles. The molecular formula is C18H25NO2. The van der Waals surface area contributed by atoms with Crippen molar-refractivity contribution in [1.29, 1.82) is 0 Å². The minimum Gasteiger partial charge on any atom is -0.368 e. The van der Waals surface area contributed by atoms with E-state index in [-0.39, 0.29) is 11.5 Å². The number of hydrogen-bond donors (Lipinski definition) is 0. The first-order chi connectivity index (χ1) is 10.2. The molecule has 2 aliphatic rings. The van der Waals surface area contributed by atoms with Crippen molar-refractivity contribution < 1.29 is 9.53 Å². The summed E-state index contributed by atoms with van der Waals surface area (Å²) in [6.45, 7) is 4.29. The predicted molar refractivity (Wildman–Crippen MR) is 82.8 cm³/mol. The molecule has 21 heavy (non-hydrogen) atoms. The van der Waals surface area contributed by atoms with Crippen LogP contribution in [0.15, 0.2) is 30.3 Å². The van der Waals surface area contributed by atoms with Crippen LogP contribution in [0.25, 0.3) is 0 Å². The van der Waals surface area contributed by atoms with Gasteiger partial charge in [-0.25, -0.2) is 0 Å². The van der Waals surface area contributed by atoms with Crippen LogP contribution in [0.5, 0.6) is 0 Å². The molecule has 1 aliphatic heterocycles. The smallest absolute Gasteiger partial charge is 0.226 e. The fourth-order valence-corrected chi connectivity index (χ4v) is 3.24. The van der Waals surface area contributed by atoms with E-state index in [1.54, 1.807) is 0 Å². The molecule has 1 heterocycles. The molecule has 1 unspecified atom stereocenters. The Labute approximate surface area is 127 Å². The maximum atomic E-state index is 12.9. The van der Waals surface area contributed by atoms with Crippen molar-refractivity contribution in [1.82, 2.24) is 4.90 Å². The van der Waals surface area contributed by atoms with Crippen molar-refractivity contribution >= 4 is 5.91 Å². The molecule has 1 saturated heterocycles. The lowest BCUT2D eigenvalue weighted by atomic mass is 9.88. The molecule has 1 saturated carbocycles. The molecule has 0 bridgehead atoms. The van der Waals surface area contributed by atoms with Gasteiger partial charge in [0, 0.05) is 12.5 Å². The van der Waals surface area contributed by atoms with Crippen molar-refractivity contribution in [3.05, 3.63) is 35.9 Å². The fourth-order valence-electron chi connectivity index (χ4n) is 3.24. The SMILES string of the molecule is CC1(CN(Cc2ccccc2)C(=O)C2CCCCC2)CO1. The van der Waals surface area contributed by atoms with Crippen LogP contribution < -0.4 is 0 Å². The van der Waals surface area contributed by atoms with Gasteiger partial charge in [-0.1, -0.05) is 49.6 Å². The molecule has 1 aromatic carbocycles. The summed E-state index contributed by atoms with van der Waals surface area (Å²) in [6.07, 6.45) is 5.79. The molecule has 0 aromatic heterocycles. The molecule has 1 atom stereocenters. The number of nitrogens with zero attached hydrogens (tertiary/aromatic N) is 1. The molecule has 3 heteroatoms. The van der Waals surface area contributed by atoms with Crippen LogP contribution in [0.4, 0.5) is 0 Å². The highest BCUT2D eigenvalue weighted by molar-refractivity contribution is 5.79. The molecule has 3 rings (SSSR count). The van der Waals surface area contributed by atoms with E-state index in [1.165, 1.54) is 24.8 Å². The maximum Gasteiger partial charge on any atom is 0.226 e. The van der Waals surface area contributed by atoms with Gasteiger partial charge in [-0.15, -0.1) is 0 Å². The van der Waals surface area contributed by atoms with Crippen LogP contribution >= 0.6 is 0 Å². The quantitative estimate of drug-likeness (QED) is 0.778. The lowest BCUT2D eigenvalue weighted by Crippen LogP contribution is -2.41. The van der Waals surface area contributed by atoms with E-state index in [1.807, 2.05) is 23.1 Å². The Balaban J connectivity index is 1.70. The number of epoxide rings is 1. The number of hydrogen-bond acceptors (Lipinski definition) is 2. The van der Waals surface area contributed by atoms with Crippen LogP contribution in [-0.4, -0.2) is 29.6 Å². The van der Waals surface area contributed by atoms with E-state index in [0.717, 1.165) is 26.0 Å². The Kier molecular flexibility index (Phi) is 4.29. The van der Waals surface area contributed by atoms with Gasteiger partial charge in [0.15, 0.2) is 0 Å². The Hall–Kier alpha value is -1.35. The largest absolute Gasteiger partial charge is 0.368 e. The standard InChI is InChI=1S/C18H25NO2/c1-18(14-21-18)13-19(12-15-8-4-2-5-9-15)17(20)16-10-6-3-7-11-16/h2,4-5,8-9,16H,3,6-7,10-14H2,1H3. The van der Waals surface area contributed by atoms with Crippen LogP contribution in [0.3, 0.4) is 0 Å². The first-order valence-electron chi connectivity index (χ1n) is 8.13. The van der Waals surface area contributed by atoms with E-state index >= 15 is 0 Å². The summed E-state index contributed by atoms with van der Waals surface area (Å²) in [5, 5.41) is 0. The van der Waals surface area contributed by atoms with Gasteiger partial charge in [0.25, 0.3) is 0 Å². The molecule has 1 aromatic rings. The summed E-state index contributed by atoms with van der Waals surface area (Å²) >= 11 is 0. The highest BCUT2D eigenvalue weighted by Crippen LogP contribution is 2.31. The van der Waals surface area contributed by atoms with Crippen LogP contribution in [0, 0.1) is 5.92 Å². The van der Waals surface area contributed by atoms with Gasteiger partial charge in [-0.05, 0) is 25.3 Å². The minimum atomic E-state index is -0.112. The topological polar surface area (TPSA) is 32.8 Å². The van der Waals surface area contributed by atoms with E-state index in [2.05, 4.69) is 19.1 Å². The Morgan fingerprint density at radius 3 is 2.52 bits per heavy atom. The average molecular weight is 287 g/mol. The monoisotopic (exact) mass is 287 g/mol. The number of rotatable bonds is 5. The van der Waals surface area contributed by atoms with Crippen molar-refractivity contribution in [2.24, 2.45) is 5.92 Å². The van der Waals surface area contributed by atoms with Gasteiger partial charge in [0.1, 0.15) is 5.60 Å². The van der Waals surface area contributed by atoms with Gasteiger partial charge in [0.05, 0.1) is 13.2 Å². The van der Waals surface area contributed by atoms with Crippen molar-refractivity contribution in [2.45, 2.75) is 51.2 Å². The zero-order valence-corrected chi connectivity index (χ0v) is 12.9. The third kappa shape index (κ3) is 3.85. The summed E-state index contributed by atoms with van der Waals surface area (Å²) in [5.41, 5.74) is 1.09. The van der Waals surface area contributed by atoms with Crippen molar-refractivity contribution in [2.75, 3.05) is 13.2 Å². The van der Waals surface area contributed by atoms with Crippen molar-refractivity contribution in [3.8, 4) is 0 Å². The lowest BCUT2D eigenvalue weighted by molar-refractivity contribution is -0.138. The van der Waals surface area contributed by atoms with Crippen LogP contribution in [0.2, 0.25) is 0 Å². The first kappa shape index (κ1) is 14.6. The molecular weight excluding hydrogens is 262 g/mol. The Morgan fingerprint density at radius 2 is 1.90 bits per heavy atom. The number of carbonyl (C=O) groups is 1. The molecule has 0 radical (unpaired) electrons. The third-order valence-electron chi connectivity index (χ3n) is 4.64. The van der Waals surface area contributed by atoms with E-state index < -0.39 is 0 Å². The summed E-state index contributed by atoms with van der Waals surface area (Å²) in [7, 11) is 0. The third-order valence-corrected chi connectivity index (χ3v) is 4.64. The first-order valence-corrected chi connectivity index (χ1v) is 8.13. The summed E-state index contributed by atoms with van der Waals surface area (Å²) in [6, 6.07) is 10.3. The predicted octanol–water partition coefficient (Wildman–Crippen LogP) is 3.38. The summed E-state index contributed by atoms with van der Waals surface area (Å²) < 4.78 is 5.51. The maximum absolute atomic E-state index is 12.9. The minimum absolute atomic E-state index is 0.112. The molecule has 3 nitrogen and oxygen atoms in total. The van der Waals surface area contributed by atoms with E-state index in [4.69, 9.17) is 4.74 Å². The number of benzene rings is 1. The zero-order valence-electron chi connectivity index (χ0n) is 12.9. The van der Waals surface area contributed by atoms with Gasteiger partial charge in [0.2, 0.25) is 5.91 Å². The van der Waals surface area contributed by atoms with Gasteiger partial charge < -0.3 is 9.64 Å². The van der Waals surface area contributed by atoms with E-state index in [9.17, 15) is 4.79 Å². The second-order valence-electron chi connectivity index (χ2n) is 6.75.